The second-order valence-electron chi connectivity index (χ2n) is 2.77. The van der Waals surface area contributed by atoms with E-state index in [9.17, 15) is 0 Å². The Bertz CT molecular complexity index is 312. The van der Waals surface area contributed by atoms with Crippen LogP contribution < -0.4 is 0 Å². The summed E-state index contributed by atoms with van der Waals surface area (Å²) in [6, 6.07) is 0. The molecule has 60 valence electrons. The lowest BCUT2D eigenvalue weighted by Gasteiger charge is -2.04. The molecule has 1 aliphatic carbocycles. The van der Waals surface area contributed by atoms with Crippen molar-refractivity contribution in [3.8, 4) is 0 Å². The monoisotopic (exact) mass is 158 g/mol. The standard InChI is InChI=1S/C10H10N2/c1-2-4-9(5-3-1)10-6-11-8-12-7-10/h2,4-8H,1,3H2. The van der Waals surface area contributed by atoms with Crippen LogP contribution in [0.5, 0.6) is 0 Å². The van der Waals surface area contributed by atoms with E-state index in [1.165, 1.54) is 5.57 Å². The van der Waals surface area contributed by atoms with E-state index < -0.39 is 0 Å². The summed E-state index contributed by atoms with van der Waals surface area (Å²) in [5, 5.41) is 0. The van der Waals surface area contributed by atoms with Crippen molar-refractivity contribution in [2.45, 2.75) is 12.8 Å². The van der Waals surface area contributed by atoms with Crippen LogP contribution >= 0.6 is 0 Å². The molecule has 0 saturated heterocycles. The van der Waals surface area contributed by atoms with E-state index in [1.54, 1.807) is 6.33 Å². The molecular weight excluding hydrogens is 148 g/mol. The molecule has 1 aromatic heterocycles. The summed E-state index contributed by atoms with van der Waals surface area (Å²) in [5.74, 6) is 0. The van der Waals surface area contributed by atoms with E-state index in [-0.39, 0.29) is 0 Å². The first-order valence-corrected chi connectivity index (χ1v) is 4.09. The summed E-state index contributed by atoms with van der Waals surface area (Å²) in [5.41, 5.74) is 2.34. The zero-order valence-electron chi connectivity index (χ0n) is 6.77. The normalized spacial score (nSPS) is 15.8. The van der Waals surface area contributed by atoms with E-state index >= 15 is 0 Å². The van der Waals surface area contributed by atoms with Gasteiger partial charge in [-0.15, -0.1) is 0 Å². The SMILES string of the molecule is C1=CC(c2cncnc2)=CCC1. The van der Waals surface area contributed by atoms with Crippen molar-refractivity contribution in [1.29, 1.82) is 0 Å². The van der Waals surface area contributed by atoms with Crippen molar-refractivity contribution in [3.05, 3.63) is 42.5 Å². The molecule has 2 rings (SSSR count). The van der Waals surface area contributed by atoms with Crippen molar-refractivity contribution in [1.82, 2.24) is 9.97 Å². The second-order valence-corrected chi connectivity index (χ2v) is 2.77. The third-order valence-corrected chi connectivity index (χ3v) is 1.89. The lowest BCUT2D eigenvalue weighted by molar-refractivity contribution is 1.04. The Labute approximate surface area is 71.7 Å². The molecule has 0 radical (unpaired) electrons. The number of allylic oxidation sites excluding steroid dienone is 4. The fourth-order valence-corrected chi connectivity index (χ4v) is 1.28. The van der Waals surface area contributed by atoms with Crippen LogP contribution in [0.3, 0.4) is 0 Å². The maximum atomic E-state index is 3.97. The average molecular weight is 158 g/mol. The lowest BCUT2D eigenvalue weighted by Crippen LogP contribution is -1.87. The smallest absolute Gasteiger partial charge is 0.115 e. The third kappa shape index (κ3) is 1.42. The van der Waals surface area contributed by atoms with Crippen LogP contribution in [0.2, 0.25) is 0 Å². The molecule has 1 aromatic rings. The highest BCUT2D eigenvalue weighted by molar-refractivity contribution is 5.73. The molecule has 0 spiro atoms. The molecule has 2 heteroatoms. The summed E-state index contributed by atoms with van der Waals surface area (Å²) in [7, 11) is 0. The van der Waals surface area contributed by atoms with Crippen molar-refractivity contribution < 1.29 is 0 Å². The van der Waals surface area contributed by atoms with E-state index in [0.29, 0.717) is 0 Å². The largest absolute Gasteiger partial charge is 0.244 e. The predicted molar refractivity (Wildman–Crippen MR) is 48.4 cm³/mol. The van der Waals surface area contributed by atoms with Gasteiger partial charge in [0.15, 0.2) is 0 Å². The van der Waals surface area contributed by atoms with Crippen LogP contribution in [0.25, 0.3) is 5.57 Å². The first-order chi connectivity index (χ1) is 5.97. The molecule has 0 aliphatic heterocycles. The highest BCUT2D eigenvalue weighted by Gasteiger charge is 1.99. The van der Waals surface area contributed by atoms with Gasteiger partial charge in [0, 0.05) is 18.0 Å². The van der Waals surface area contributed by atoms with Gasteiger partial charge in [-0.25, -0.2) is 9.97 Å². The van der Waals surface area contributed by atoms with Crippen LogP contribution in [0.4, 0.5) is 0 Å². The summed E-state index contributed by atoms with van der Waals surface area (Å²) in [6.07, 6.45) is 14.0. The van der Waals surface area contributed by atoms with Crippen LogP contribution in [0.1, 0.15) is 18.4 Å². The van der Waals surface area contributed by atoms with Crippen LogP contribution in [0.15, 0.2) is 36.9 Å². The molecule has 12 heavy (non-hydrogen) atoms. The Morgan fingerprint density at radius 3 is 2.58 bits per heavy atom. The molecule has 1 aliphatic rings. The Hall–Kier alpha value is -1.44. The minimum atomic E-state index is 1.11. The molecule has 0 saturated carbocycles. The van der Waals surface area contributed by atoms with Gasteiger partial charge in [0.05, 0.1) is 0 Å². The van der Waals surface area contributed by atoms with Crippen LogP contribution in [0, 0.1) is 0 Å². The van der Waals surface area contributed by atoms with Gasteiger partial charge in [-0.1, -0.05) is 18.2 Å². The van der Waals surface area contributed by atoms with Gasteiger partial charge >= 0.3 is 0 Å². The van der Waals surface area contributed by atoms with Gasteiger partial charge in [0.2, 0.25) is 0 Å². The van der Waals surface area contributed by atoms with Gasteiger partial charge in [-0.2, -0.15) is 0 Å². The van der Waals surface area contributed by atoms with Crippen LogP contribution in [-0.2, 0) is 0 Å². The Balaban J connectivity index is 2.31. The summed E-state index contributed by atoms with van der Waals surface area (Å²) < 4.78 is 0. The molecule has 2 nitrogen and oxygen atoms in total. The zero-order valence-corrected chi connectivity index (χ0v) is 6.77. The van der Waals surface area contributed by atoms with Gasteiger partial charge in [-0.3, -0.25) is 0 Å². The molecule has 0 unspecified atom stereocenters. The van der Waals surface area contributed by atoms with Crippen molar-refractivity contribution in [2.75, 3.05) is 0 Å². The van der Waals surface area contributed by atoms with E-state index in [1.807, 2.05) is 12.4 Å². The number of aromatic nitrogens is 2. The van der Waals surface area contributed by atoms with Crippen molar-refractivity contribution >= 4 is 5.57 Å². The van der Waals surface area contributed by atoms with Gasteiger partial charge in [-0.05, 0) is 18.4 Å². The maximum Gasteiger partial charge on any atom is 0.115 e. The maximum absolute atomic E-state index is 3.97. The van der Waals surface area contributed by atoms with Crippen molar-refractivity contribution in [3.63, 3.8) is 0 Å². The van der Waals surface area contributed by atoms with Crippen LogP contribution in [-0.4, -0.2) is 9.97 Å². The third-order valence-electron chi connectivity index (χ3n) is 1.89. The molecule has 0 bridgehead atoms. The quantitative estimate of drug-likeness (QED) is 0.626. The molecule has 0 fully saturated rings. The second kappa shape index (κ2) is 3.30. The van der Waals surface area contributed by atoms with E-state index in [0.717, 1.165) is 18.4 Å². The summed E-state index contributed by atoms with van der Waals surface area (Å²) in [6.45, 7) is 0. The first-order valence-electron chi connectivity index (χ1n) is 4.09. The first kappa shape index (κ1) is 7.22. The number of hydrogen-bond donors (Lipinski definition) is 0. The molecule has 0 N–H and O–H groups in total. The number of hydrogen-bond acceptors (Lipinski definition) is 2. The lowest BCUT2D eigenvalue weighted by atomic mass is 10.0. The van der Waals surface area contributed by atoms with Gasteiger partial charge < -0.3 is 0 Å². The Morgan fingerprint density at radius 1 is 1.08 bits per heavy atom. The highest BCUT2D eigenvalue weighted by atomic mass is 14.8. The molecule has 0 aromatic carbocycles. The van der Waals surface area contributed by atoms with E-state index in [2.05, 4.69) is 28.2 Å². The number of nitrogens with zero attached hydrogens (tertiary/aromatic N) is 2. The summed E-state index contributed by atoms with van der Waals surface area (Å²) >= 11 is 0. The average Bonchev–Trinajstić information content (AvgIpc) is 2.21. The van der Waals surface area contributed by atoms with Gasteiger partial charge in [0.25, 0.3) is 0 Å². The molecule has 0 atom stereocenters. The van der Waals surface area contributed by atoms with E-state index in [4.69, 9.17) is 0 Å². The minimum Gasteiger partial charge on any atom is -0.244 e. The molecule has 0 amide bonds. The number of rotatable bonds is 1. The summed E-state index contributed by atoms with van der Waals surface area (Å²) in [4.78, 5) is 7.95. The fourth-order valence-electron chi connectivity index (χ4n) is 1.28. The Morgan fingerprint density at radius 2 is 1.92 bits per heavy atom. The zero-order chi connectivity index (χ0) is 8.23. The molecule has 1 heterocycles. The topological polar surface area (TPSA) is 25.8 Å². The molecular formula is C10H10N2. The van der Waals surface area contributed by atoms with Crippen molar-refractivity contribution in [2.24, 2.45) is 0 Å². The van der Waals surface area contributed by atoms with Gasteiger partial charge in [0.1, 0.15) is 6.33 Å². The minimum absolute atomic E-state index is 1.11. The predicted octanol–water partition coefficient (Wildman–Crippen LogP) is 2.21. The Kier molecular flexibility index (Phi) is 1.99. The fraction of sp³-hybridized carbons (Fsp3) is 0.200. The highest BCUT2D eigenvalue weighted by Crippen LogP contribution is 2.18.